The van der Waals surface area contributed by atoms with E-state index in [4.69, 9.17) is 27.9 Å². The molecule has 0 spiro atoms. The van der Waals surface area contributed by atoms with E-state index in [-0.39, 0.29) is 23.6 Å². The Morgan fingerprint density at radius 1 is 1.30 bits per heavy atom. The van der Waals surface area contributed by atoms with Gasteiger partial charge in [0.2, 0.25) is 0 Å². The van der Waals surface area contributed by atoms with Crippen LogP contribution < -0.4 is 5.32 Å². The number of benzene rings is 1. The van der Waals surface area contributed by atoms with Crippen molar-refractivity contribution in [2.24, 2.45) is 5.41 Å². The van der Waals surface area contributed by atoms with Crippen LogP contribution in [0.1, 0.15) is 56.1 Å². The summed E-state index contributed by atoms with van der Waals surface area (Å²) in [6, 6.07) is 7.69. The summed E-state index contributed by atoms with van der Waals surface area (Å²) in [5.74, 6) is 0.219. The quantitative estimate of drug-likeness (QED) is 0.389. The lowest BCUT2D eigenvalue weighted by Gasteiger charge is -2.30. The number of nitrogens with zero attached hydrogens (tertiary/aromatic N) is 3. The first kappa shape index (κ1) is 22.4. The van der Waals surface area contributed by atoms with Crippen LogP contribution >= 0.6 is 23.2 Å². The van der Waals surface area contributed by atoms with Crippen molar-refractivity contribution in [3.8, 4) is 0 Å². The standard InChI is InChI=1S/C22H26Cl2N4O2/c1-6-30-21(29)17-12-25-28-19(26-13(2)22(3,4)5)16(18(24)27-20(17)28)11-14-8-7-9-15(23)10-14/h7-10,12-13,26H,6,11H2,1-5H3/t13-/m1/s1. The first-order valence-electron chi connectivity index (χ1n) is 9.86. The van der Waals surface area contributed by atoms with Crippen molar-refractivity contribution in [1.29, 1.82) is 0 Å². The van der Waals surface area contributed by atoms with E-state index < -0.39 is 5.97 Å². The van der Waals surface area contributed by atoms with Crippen molar-refractivity contribution in [3.05, 3.63) is 57.3 Å². The van der Waals surface area contributed by atoms with E-state index in [9.17, 15) is 4.79 Å². The predicted octanol–water partition coefficient (Wildman–Crippen LogP) is 5.65. The van der Waals surface area contributed by atoms with E-state index >= 15 is 0 Å². The molecule has 0 aliphatic rings. The van der Waals surface area contributed by atoms with Gasteiger partial charge in [-0.05, 0) is 37.0 Å². The van der Waals surface area contributed by atoms with Crippen LogP contribution in [0, 0.1) is 5.41 Å². The molecule has 0 aliphatic heterocycles. The van der Waals surface area contributed by atoms with Crippen LogP contribution in [0.15, 0.2) is 30.5 Å². The van der Waals surface area contributed by atoms with E-state index in [1.165, 1.54) is 6.20 Å². The van der Waals surface area contributed by atoms with Crippen LogP contribution in [0.25, 0.3) is 5.65 Å². The highest BCUT2D eigenvalue weighted by Gasteiger charge is 2.26. The third-order valence-corrected chi connectivity index (χ3v) is 5.66. The molecular formula is C22H26Cl2N4O2. The molecule has 2 heterocycles. The second-order valence-corrected chi connectivity index (χ2v) is 9.08. The molecule has 0 bridgehead atoms. The molecule has 1 atom stereocenters. The summed E-state index contributed by atoms with van der Waals surface area (Å²) in [6.45, 7) is 10.6. The molecule has 0 fully saturated rings. The van der Waals surface area contributed by atoms with Gasteiger partial charge in [0.05, 0.1) is 12.8 Å². The average Bonchev–Trinajstić information content (AvgIpc) is 3.07. The van der Waals surface area contributed by atoms with Gasteiger partial charge in [-0.15, -0.1) is 0 Å². The fraction of sp³-hybridized carbons (Fsp3) is 0.409. The minimum atomic E-state index is -0.478. The summed E-state index contributed by atoms with van der Waals surface area (Å²) < 4.78 is 6.76. The molecule has 0 saturated carbocycles. The number of aromatic nitrogens is 3. The van der Waals surface area contributed by atoms with Crippen molar-refractivity contribution in [3.63, 3.8) is 0 Å². The predicted molar refractivity (Wildman–Crippen MR) is 121 cm³/mol. The van der Waals surface area contributed by atoms with Crippen LogP contribution in [0.3, 0.4) is 0 Å². The molecule has 1 aromatic carbocycles. The lowest BCUT2D eigenvalue weighted by atomic mass is 9.88. The average molecular weight is 449 g/mol. The first-order valence-corrected chi connectivity index (χ1v) is 10.6. The van der Waals surface area contributed by atoms with Crippen LogP contribution in [-0.2, 0) is 11.2 Å². The largest absolute Gasteiger partial charge is 0.462 e. The molecule has 160 valence electrons. The maximum Gasteiger partial charge on any atom is 0.343 e. The van der Waals surface area contributed by atoms with Gasteiger partial charge in [0, 0.05) is 23.0 Å². The van der Waals surface area contributed by atoms with E-state index in [1.807, 2.05) is 24.3 Å². The Morgan fingerprint density at radius 3 is 2.67 bits per heavy atom. The molecule has 0 aliphatic carbocycles. The Hall–Kier alpha value is -2.31. The SMILES string of the molecule is CCOC(=O)c1cnn2c(N[C@H](C)C(C)(C)C)c(Cc3cccc(Cl)c3)c(Cl)nc12. The normalized spacial score (nSPS) is 12.8. The van der Waals surface area contributed by atoms with Gasteiger partial charge in [-0.25, -0.2) is 9.78 Å². The number of halogens is 2. The van der Waals surface area contributed by atoms with E-state index in [2.05, 4.69) is 43.1 Å². The highest BCUT2D eigenvalue weighted by Crippen LogP contribution is 2.31. The lowest BCUT2D eigenvalue weighted by molar-refractivity contribution is 0.0528. The van der Waals surface area contributed by atoms with E-state index in [1.54, 1.807) is 11.4 Å². The number of esters is 1. The Bertz CT molecular complexity index is 1070. The molecule has 0 radical (unpaired) electrons. The van der Waals surface area contributed by atoms with Gasteiger partial charge in [0.15, 0.2) is 5.65 Å². The Balaban J connectivity index is 2.17. The van der Waals surface area contributed by atoms with E-state index in [0.29, 0.717) is 28.1 Å². The first-order chi connectivity index (χ1) is 14.1. The summed E-state index contributed by atoms with van der Waals surface area (Å²) in [5.41, 5.74) is 2.39. The lowest BCUT2D eigenvalue weighted by Crippen LogP contribution is -2.32. The zero-order valence-electron chi connectivity index (χ0n) is 17.8. The highest BCUT2D eigenvalue weighted by atomic mass is 35.5. The van der Waals surface area contributed by atoms with Crippen molar-refractivity contribution in [1.82, 2.24) is 14.6 Å². The molecule has 3 rings (SSSR count). The Labute approximate surface area is 186 Å². The number of fused-ring (bicyclic) bond motifs is 1. The van der Waals surface area contributed by atoms with Gasteiger partial charge in [-0.1, -0.05) is 56.1 Å². The number of nitrogens with one attached hydrogen (secondary N) is 1. The van der Waals surface area contributed by atoms with Crippen LogP contribution in [0.2, 0.25) is 10.2 Å². The molecule has 0 saturated heterocycles. The van der Waals surface area contributed by atoms with Crippen molar-refractivity contribution in [2.75, 3.05) is 11.9 Å². The van der Waals surface area contributed by atoms with Crippen molar-refractivity contribution < 1.29 is 9.53 Å². The zero-order chi connectivity index (χ0) is 22.1. The van der Waals surface area contributed by atoms with Gasteiger partial charge in [0.1, 0.15) is 16.5 Å². The smallest absolute Gasteiger partial charge is 0.343 e. The van der Waals surface area contributed by atoms with Crippen molar-refractivity contribution in [2.45, 2.75) is 47.1 Å². The summed E-state index contributed by atoms with van der Waals surface area (Å²) in [7, 11) is 0. The molecule has 2 aromatic heterocycles. The number of hydrogen-bond acceptors (Lipinski definition) is 5. The minimum absolute atomic E-state index is 0.0213. The minimum Gasteiger partial charge on any atom is -0.462 e. The molecule has 0 amide bonds. The summed E-state index contributed by atoms with van der Waals surface area (Å²) in [6.07, 6.45) is 1.98. The molecule has 6 nitrogen and oxygen atoms in total. The summed E-state index contributed by atoms with van der Waals surface area (Å²) in [5, 5.41) is 8.92. The maximum absolute atomic E-state index is 12.3. The van der Waals surface area contributed by atoms with Gasteiger partial charge >= 0.3 is 5.97 Å². The Morgan fingerprint density at radius 2 is 2.03 bits per heavy atom. The fourth-order valence-electron chi connectivity index (χ4n) is 2.93. The molecule has 0 unspecified atom stereocenters. The number of hydrogen-bond donors (Lipinski definition) is 1. The van der Waals surface area contributed by atoms with Crippen molar-refractivity contribution >= 4 is 40.6 Å². The molecule has 8 heteroatoms. The number of carbonyl (C=O) groups excluding carboxylic acids is 1. The molecule has 30 heavy (non-hydrogen) atoms. The molecule has 3 aromatic rings. The number of ether oxygens (including phenoxy) is 1. The number of carbonyl (C=O) groups is 1. The molecule has 1 N–H and O–H groups in total. The van der Waals surface area contributed by atoms with Crippen LogP contribution in [0.4, 0.5) is 5.82 Å². The Kier molecular flexibility index (Phi) is 6.58. The topological polar surface area (TPSA) is 68.5 Å². The number of anilines is 1. The fourth-order valence-corrected chi connectivity index (χ4v) is 3.38. The monoisotopic (exact) mass is 448 g/mol. The van der Waals surface area contributed by atoms with Gasteiger partial charge in [-0.2, -0.15) is 9.61 Å². The summed E-state index contributed by atoms with van der Waals surface area (Å²) >= 11 is 12.8. The van der Waals surface area contributed by atoms with Gasteiger partial charge in [0.25, 0.3) is 0 Å². The third kappa shape index (κ3) is 4.71. The van der Waals surface area contributed by atoms with Crippen LogP contribution in [-0.4, -0.2) is 33.2 Å². The number of rotatable bonds is 6. The third-order valence-electron chi connectivity index (χ3n) is 5.11. The second kappa shape index (κ2) is 8.82. The van der Waals surface area contributed by atoms with Gasteiger partial charge < -0.3 is 10.1 Å². The second-order valence-electron chi connectivity index (χ2n) is 8.28. The van der Waals surface area contributed by atoms with Crippen LogP contribution in [0.5, 0.6) is 0 Å². The molecular weight excluding hydrogens is 423 g/mol. The zero-order valence-corrected chi connectivity index (χ0v) is 19.3. The summed E-state index contributed by atoms with van der Waals surface area (Å²) in [4.78, 5) is 16.8. The maximum atomic E-state index is 12.3. The van der Waals surface area contributed by atoms with Gasteiger partial charge in [-0.3, -0.25) is 0 Å². The highest BCUT2D eigenvalue weighted by molar-refractivity contribution is 6.31. The van der Waals surface area contributed by atoms with E-state index in [0.717, 1.165) is 11.1 Å².